The van der Waals surface area contributed by atoms with Crippen molar-refractivity contribution >= 4 is 22.4 Å². The second-order valence-corrected chi connectivity index (χ2v) is 4.87. The molecule has 3 rings (SSSR count). The SMILES string of the molecule is O=C(CCCn1cncn1)Nc1ccc2ccccc2c1. The summed E-state index contributed by atoms with van der Waals surface area (Å²) in [5.74, 6) is 0.0189. The van der Waals surface area contributed by atoms with Gasteiger partial charge in [0.15, 0.2) is 0 Å². The molecule has 1 aromatic heterocycles. The minimum absolute atomic E-state index is 0.0189. The number of nitrogens with one attached hydrogen (secondary N) is 1. The van der Waals surface area contributed by atoms with E-state index in [0.29, 0.717) is 13.0 Å². The molecular weight excluding hydrogens is 264 g/mol. The molecule has 1 N–H and O–H groups in total. The van der Waals surface area contributed by atoms with Gasteiger partial charge in [0.05, 0.1) is 0 Å². The molecule has 0 bridgehead atoms. The first-order valence-electron chi connectivity index (χ1n) is 6.92. The zero-order chi connectivity index (χ0) is 14.5. The molecule has 0 radical (unpaired) electrons. The van der Waals surface area contributed by atoms with E-state index in [-0.39, 0.29) is 5.91 Å². The number of carbonyl (C=O) groups is 1. The molecule has 3 aromatic rings. The lowest BCUT2D eigenvalue weighted by Gasteiger charge is -2.06. The molecular formula is C16H16N4O. The van der Waals surface area contributed by atoms with Gasteiger partial charge in [-0.2, -0.15) is 5.10 Å². The average molecular weight is 280 g/mol. The van der Waals surface area contributed by atoms with Crippen molar-refractivity contribution in [2.24, 2.45) is 0 Å². The second-order valence-electron chi connectivity index (χ2n) is 4.87. The fourth-order valence-electron chi connectivity index (χ4n) is 2.24. The van der Waals surface area contributed by atoms with E-state index in [0.717, 1.165) is 17.5 Å². The van der Waals surface area contributed by atoms with Crippen molar-refractivity contribution in [2.45, 2.75) is 19.4 Å². The third kappa shape index (κ3) is 3.45. The normalized spacial score (nSPS) is 10.7. The number of amides is 1. The van der Waals surface area contributed by atoms with Crippen LogP contribution in [0.5, 0.6) is 0 Å². The van der Waals surface area contributed by atoms with Crippen LogP contribution in [-0.4, -0.2) is 20.7 Å². The topological polar surface area (TPSA) is 59.8 Å². The molecule has 0 unspecified atom stereocenters. The molecule has 21 heavy (non-hydrogen) atoms. The predicted octanol–water partition coefficient (Wildman–Crippen LogP) is 2.85. The quantitative estimate of drug-likeness (QED) is 0.781. The number of carbonyl (C=O) groups excluding carboxylic acids is 1. The first-order valence-corrected chi connectivity index (χ1v) is 6.92. The number of hydrogen-bond acceptors (Lipinski definition) is 3. The van der Waals surface area contributed by atoms with Crippen LogP contribution in [0.15, 0.2) is 55.1 Å². The van der Waals surface area contributed by atoms with Crippen molar-refractivity contribution in [1.82, 2.24) is 14.8 Å². The molecule has 5 nitrogen and oxygen atoms in total. The minimum Gasteiger partial charge on any atom is -0.326 e. The van der Waals surface area contributed by atoms with E-state index in [1.165, 1.54) is 11.7 Å². The Hall–Kier alpha value is -2.69. The van der Waals surface area contributed by atoms with Gasteiger partial charge in [-0.3, -0.25) is 9.48 Å². The summed E-state index contributed by atoms with van der Waals surface area (Å²) in [4.78, 5) is 15.8. The van der Waals surface area contributed by atoms with Crippen LogP contribution in [0.25, 0.3) is 10.8 Å². The Morgan fingerprint density at radius 3 is 2.81 bits per heavy atom. The van der Waals surface area contributed by atoms with Crippen LogP contribution >= 0.6 is 0 Å². The summed E-state index contributed by atoms with van der Waals surface area (Å²) in [6.07, 6.45) is 4.35. The molecule has 0 spiro atoms. The van der Waals surface area contributed by atoms with Crippen molar-refractivity contribution in [3.8, 4) is 0 Å². The first-order chi connectivity index (χ1) is 10.3. The fraction of sp³-hybridized carbons (Fsp3) is 0.188. The summed E-state index contributed by atoms with van der Waals surface area (Å²) in [6, 6.07) is 14.0. The Morgan fingerprint density at radius 1 is 1.14 bits per heavy atom. The largest absolute Gasteiger partial charge is 0.326 e. The summed E-state index contributed by atoms with van der Waals surface area (Å²) >= 11 is 0. The maximum Gasteiger partial charge on any atom is 0.224 e. The number of nitrogens with zero attached hydrogens (tertiary/aromatic N) is 3. The summed E-state index contributed by atoms with van der Waals surface area (Å²) in [7, 11) is 0. The number of aryl methyl sites for hydroxylation is 1. The van der Waals surface area contributed by atoms with Crippen LogP contribution in [0.3, 0.4) is 0 Å². The van der Waals surface area contributed by atoms with Gasteiger partial charge in [0.2, 0.25) is 5.91 Å². The summed E-state index contributed by atoms with van der Waals surface area (Å²) < 4.78 is 1.73. The van der Waals surface area contributed by atoms with Gasteiger partial charge in [-0.1, -0.05) is 30.3 Å². The van der Waals surface area contributed by atoms with Crippen molar-refractivity contribution in [3.63, 3.8) is 0 Å². The van der Waals surface area contributed by atoms with Crippen molar-refractivity contribution in [2.75, 3.05) is 5.32 Å². The molecule has 0 aliphatic heterocycles. The Labute approximate surface area is 122 Å². The van der Waals surface area contributed by atoms with E-state index < -0.39 is 0 Å². The van der Waals surface area contributed by atoms with E-state index in [1.807, 2.05) is 36.4 Å². The number of hydrogen-bond donors (Lipinski definition) is 1. The Morgan fingerprint density at radius 2 is 2.00 bits per heavy atom. The molecule has 1 amide bonds. The van der Waals surface area contributed by atoms with Gasteiger partial charge in [-0.05, 0) is 29.3 Å². The van der Waals surface area contributed by atoms with Crippen LogP contribution < -0.4 is 5.32 Å². The Balaban J connectivity index is 1.55. The van der Waals surface area contributed by atoms with Gasteiger partial charge in [-0.15, -0.1) is 0 Å². The lowest BCUT2D eigenvalue weighted by atomic mass is 10.1. The highest BCUT2D eigenvalue weighted by atomic mass is 16.1. The molecule has 0 saturated carbocycles. The minimum atomic E-state index is 0.0189. The third-order valence-corrected chi connectivity index (χ3v) is 3.29. The van der Waals surface area contributed by atoms with E-state index in [4.69, 9.17) is 0 Å². The smallest absolute Gasteiger partial charge is 0.224 e. The number of aromatic nitrogens is 3. The summed E-state index contributed by atoms with van der Waals surface area (Å²) in [5, 5.41) is 9.23. The van der Waals surface area contributed by atoms with Crippen LogP contribution in [-0.2, 0) is 11.3 Å². The molecule has 0 atom stereocenters. The number of fused-ring (bicyclic) bond motifs is 1. The molecule has 0 aliphatic rings. The van der Waals surface area contributed by atoms with Gasteiger partial charge in [0.1, 0.15) is 12.7 Å². The van der Waals surface area contributed by atoms with Gasteiger partial charge >= 0.3 is 0 Å². The maximum atomic E-state index is 11.9. The van der Waals surface area contributed by atoms with Gasteiger partial charge in [-0.25, -0.2) is 4.98 Å². The van der Waals surface area contributed by atoms with Crippen molar-refractivity contribution in [3.05, 3.63) is 55.1 Å². The van der Waals surface area contributed by atoms with E-state index in [2.05, 4.69) is 21.5 Å². The Kier molecular flexibility index (Phi) is 3.91. The number of benzene rings is 2. The number of rotatable bonds is 5. The van der Waals surface area contributed by atoms with Gasteiger partial charge < -0.3 is 5.32 Å². The lowest BCUT2D eigenvalue weighted by molar-refractivity contribution is -0.116. The highest BCUT2D eigenvalue weighted by Crippen LogP contribution is 2.19. The molecule has 0 aliphatic carbocycles. The predicted molar refractivity (Wildman–Crippen MR) is 81.8 cm³/mol. The summed E-state index contributed by atoms with van der Waals surface area (Å²) in [5.41, 5.74) is 0.833. The standard InChI is InChI=1S/C16H16N4O/c21-16(6-3-9-20-12-17-11-18-20)19-15-8-7-13-4-1-2-5-14(13)10-15/h1-2,4-5,7-8,10-12H,3,6,9H2,(H,19,21). The maximum absolute atomic E-state index is 11.9. The van der Waals surface area contributed by atoms with Crippen LogP contribution in [0.2, 0.25) is 0 Å². The molecule has 0 saturated heterocycles. The van der Waals surface area contributed by atoms with E-state index >= 15 is 0 Å². The second kappa shape index (κ2) is 6.17. The Bertz CT molecular complexity index is 737. The highest BCUT2D eigenvalue weighted by molar-refractivity contribution is 5.94. The van der Waals surface area contributed by atoms with Gasteiger partial charge in [0.25, 0.3) is 0 Å². The lowest BCUT2D eigenvalue weighted by Crippen LogP contribution is -2.12. The van der Waals surface area contributed by atoms with E-state index in [9.17, 15) is 4.79 Å². The third-order valence-electron chi connectivity index (χ3n) is 3.29. The van der Waals surface area contributed by atoms with Crippen LogP contribution in [0, 0.1) is 0 Å². The molecule has 5 heteroatoms. The van der Waals surface area contributed by atoms with Crippen molar-refractivity contribution in [1.29, 1.82) is 0 Å². The molecule has 2 aromatic carbocycles. The first kappa shape index (κ1) is 13.3. The number of anilines is 1. The van der Waals surface area contributed by atoms with Crippen LogP contribution in [0.4, 0.5) is 5.69 Å². The molecule has 1 heterocycles. The van der Waals surface area contributed by atoms with Crippen molar-refractivity contribution < 1.29 is 4.79 Å². The summed E-state index contributed by atoms with van der Waals surface area (Å²) in [6.45, 7) is 0.700. The zero-order valence-electron chi connectivity index (χ0n) is 11.6. The van der Waals surface area contributed by atoms with Gasteiger partial charge in [0, 0.05) is 18.7 Å². The molecule has 0 fully saturated rings. The van der Waals surface area contributed by atoms with E-state index in [1.54, 1.807) is 11.0 Å². The average Bonchev–Trinajstić information content (AvgIpc) is 3.00. The highest BCUT2D eigenvalue weighted by Gasteiger charge is 2.03. The van der Waals surface area contributed by atoms with Crippen LogP contribution in [0.1, 0.15) is 12.8 Å². The fourth-order valence-corrected chi connectivity index (χ4v) is 2.24. The zero-order valence-corrected chi connectivity index (χ0v) is 11.6. The molecule has 106 valence electrons. The monoisotopic (exact) mass is 280 g/mol.